The van der Waals surface area contributed by atoms with Gasteiger partial charge in [0.25, 0.3) is 0 Å². The summed E-state index contributed by atoms with van der Waals surface area (Å²) >= 11 is 22.2. The fraction of sp³-hybridized carbons (Fsp3) is 0.307. The molecule has 0 saturated heterocycles. The minimum Gasteiger partial charge on any atom is -0.477 e. The van der Waals surface area contributed by atoms with Crippen molar-refractivity contribution in [2.24, 2.45) is 21.7 Å². The van der Waals surface area contributed by atoms with Crippen LogP contribution in [0.5, 0.6) is 0 Å². The molecule has 0 saturated carbocycles. The molecule has 8 N–H and O–H groups in total. The third-order valence-electron chi connectivity index (χ3n) is 13.3. The molecule has 0 amide bonds. The summed E-state index contributed by atoms with van der Waals surface area (Å²) in [4.78, 5) is 49.1. The molecule has 0 aliphatic heterocycles. The molecule has 0 aliphatic carbocycles. The highest BCUT2D eigenvalue weighted by Gasteiger charge is 2.29. The second kappa shape index (κ2) is 34.6. The van der Waals surface area contributed by atoms with E-state index in [1.165, 1.54) is 12.7 Å². The minimum atomic E-state index is -3.17. The van der Waals surface area contributed by atoms with Crippen molar-refractivity contribution >= 4 is 177 Å². The van der Waals surface area contributed by atoms with Gasteiger partial charge in [-0.25, -0.2) is 19.2 Å². The highest BCUT2D eigenvalue weighted by molar-refractivity contribution is 7.73. The Morgan fingerprint density at radius 2 is 0.627 bits per heavy atom. The Morgan fingerprint density at radius 3 is 0.912 bits per heavy atom. The van der Waals surface area contributed by atoms with Crippen molar-refractivity contribution in [1.29, 1.82) is 0 Å². The SMILES string of the molecule is CC(C)(C)C#Cc1cc(NP(C)(=O)c2ccc(Cl)cc2)c(C(=O)O)s1.CC(C)(C)C#Cc1cc(NP(C)(=O)c2ccc(Cl)cc2Cl)c(C(=O)O)s1.Cc1ccc(P(C)(=O)Nc2cc(C#CC(C)(C)C)sc2C(=O)O)c(C)c1.Cc1ccc(P(C)(=O)Nc2cc(C#CC(C)(C)C)sc2C(=O)O)cc1. The first-order valence-electron chi connectivity index (χ1n) is 31.1. The topological polar surface area (TPSA) is 266 Å². The van der Waals surface area contributed by atoms with Gasteiger partial charge in [-0.1, -0.05) is 118 Å². The first-order valence-corrected chi connectivity index (χ1v) is 44.2. The fourth-order valence-electron chi connectivity index (χ4n) is 8.61. The molecule has 0 bridgehead atoms. The van der Waals surface area contributed by atoms with E-state index in [-0.39, 0.29) is 51.9 Å². The molecule has 4 heterocycles. The van der Waals surface area contributed by atoms with E-state index in [2.05, 4.69) is 67.7 Å². The normalized spacial score (nSPS) is 13.5. The molecule has 4 unspecified atom stereocenters. The summed E-state index contributed by atoms with van der Waals surface area (Å²) in [6.07, 6.45) is 0. The standard InChI is InChI=1S/C20H24NO3PS.C19H22NO3PS.C18H18Cl2NO3PS.C18H19ClNO3PS/c1-13-7-8-17(14(2)11-13)25(6,24)21-16-12-15(9-10-20(3,4)5)26-18(16)19(22)23;1-13-6-8-14(9-7-13)24(5,23)20-16-12-15(10-11-19(2,3)4)25-17(16)18(21)22;1-18(2,3)8-7-12-10-14(16(26-12)17(22)23)21-25(4,24)15-6-5-11(19)9-13(15)20;1-18(2,3)10-9-14-11-15(16(25-14)17(21)22)20-24(4,23)13-7-5-12(19)6-8-13/h7-8,11-12H,1-6H3,(H,21,24)(H,22,23);6-9,12H,1-5H3,(H,20,23)(H,21,22);5-6,9-10H,1-4H3,(H,21,24)(H,22,23);5-8,11H,1-4H3,(H,20,23)(H,21,22). The molecular weight excluding hydrogens is 1510 g/mol. The smallest absolute Gasteiger partial charge is 0.348 e. The van der Waals surface area contributed by atoms with E-state index in [9.17, 15) is 57.9 Å². The van der Waals surface area contributed by atoms with Crippen molar-refractivity contribution in [3.8, 4) is 47.4 Å². The van der Waals surface area contributed by atoms with Gasteiger partial charge in [-0.15, -0.1) is 45.3 Å². The second-order valence-corrected chi connectivity index (χ2v) is 43.7. The Bertz CT molecular complexity index is 4650. The summed E-state index contributed by atoms with van der Waals surface area (Å²) in [6.45, 7) is 35.9. The maximum Gasteiger partial charge on any atom is 0.348 e. The summed E-state index contributed by atoms with van der Waals surface area (Å²) in [6, 6.07) is 31.0. The molecule has 4 aromatic carbocycles. The number of carbonyl (C=O) groups is 4. The molecule has 102 heavy (non-hydrogen) atoms. The Labute approximate surface area is 629 Å². The average Bonchev–Trinajstić information content (AvgIpc) is 1.49. The van der Waals surface area contributed by atoms with Gasteiger partial charge in [0.1, 0.15) is 19.5 Å². The van der Waals surface area contributed by atoms with Crippen molar-refractivity contribution in [2.45, 2.75) is 104 Å². The molecule has 0 spiro atoms. The summed E-state index contributed by atoms with van der Waals surface area (Å²) in [5, 5.41) is 53.0. The average molecular weight is 1590 g/mol. The van der Waals surface area contributed by atoms with Crippen molar-refractivity contribution < 1.29 is 57.9 Å². The molecule has 8 rings (SSSR count). The van der Waals surface area contributed by atoms with Crippen LogP contribution < -0.4 is 41.6 Å². The number of benzene rings is 4. The van der Waals surface area contributed by atoms with Crippen LogP contribution in [-0.2, 0) is 18.3 Å². The Hall–Kier alpha value is -7.21. The number of aromatic carboxylic acids is 4. The maximum absolute atomic E-state index is 13.3. The van der Waals surface area contributed by atoms with Gasteiger partial charge in [0, 0.05) is 79.6 Å². The number of thiophene rings is 4. The third kappa shape index (κ3) is 26.8. The first-order chi connectivity index (χ1) is 46.7. The van der Waals surface area contributed by atoms with Gasteiger partial charge < -0.3 is 40.8 Å². The zero-order chi connectivity index (χ0) is 77.1. The number of hydrogen-bond donors (Lipinski definition) is 8. The predicted octanol–water partition coefficient (Wildman–Crippen LogP) is 20.8. The Balaban J connectivity index is 0.000000245. The zero-order valence-electron chi connectivity index (χ0n) is 60.0. The van der Waals surface area contributed by atoms with E-state index in [0.29, 0.717) is 67.8 Å². The van der Waals surface area contributed by atoms with Crippen LogP contribution in [0.15, 0.2) is 109 Å². The molecule has 4 atom stereocenters. The Morgan fingerprint density at radius 1 is 0.363 bits per heavy atom. The van der Waals surface area contributed by atoms with E-state index < -0.39 is 53.0 Å². The van der Waals surface area contributed by atoms with Gasteiger partial charge in [0.15, 0.2) is 29.2 Å². The summed E-state index contributed by atoms with van der Waals surface area (Å²) in [5.41, 5.74) is 3.61. The van der Waals surface area contributed by atoms with E-state index in [0.717, 1.165) is 62.0 Å². The number of halogens is 3. The lowest BCUT2D eigenvalue weighted by atomic mass is 9.98. The summed E-state index contributed by atoms with van der Waals surface area (Å²) in [5.74, 6) is 20.0. The van der Waals surface area contributed by atoms with Gasteiger partial charge in [-0.3, -0.25) is 18.3 Å². The molecule has 27 heteroatoms. The number of nitrogens with one attached hydrogen (secondary N) is 4. The largest absolute Gasteiger partial charge is 0.477 e. The first kappa shape index (κ1) is 85.4. The number of carboxylic acids is 4. The van der Waals surface area contributed by atoms with Crippen molar-refractivity contribution in [2.75, 3.05) is 47.0 Å². The van der Waals surface area contributed by atoms with E-state index in [1.807, 2.05) is 134 Å². The lowest BCUT2D eigenvalue weighted by Crippen LogP contribution is -2.14. The van der Waals surface area contributed by atoms with Crippen LogP contribution in [0.4, 0.5) is 22.7 Å². The number of aryl methyl sites for hydroxylation is 3. The minimum absolute atomic E-state index is 0.0513. The number of anilines is 4. The van der Waals surface area contributed by atoms with E-state index in [4.69, 9.17) is 34.8 Å². The molecule has 0 radical (unpaired) electrons. The summed E-state index contributed by atoms with van der Waals surface area (Å²) < 4.78 is 52.5. The third-order valence-corrected chi connectivity index (χ3v) is 26.4. The van der Waals surface area contributed by atoms with E-state index in [1.54, 1.807) is 92.8 Å². The number of carboxylic acid groups (broad SMARTS) is 4. The Kier molecular flexibility index (Phi) is 29.0. The van der Waals surface area contributed by atoms with Crippen molar-refractivity contribution in [3.63, 3.8) is 0 Å². The molecule has 8 aromatic rings. The maximum atomic E-state index is 13.3. The molecule has 4 aromatic heterocycles. The molecular formula is C75H83Cl3N4O12P4S4. The molecule has 0 aliphatic rings. The van der Waals surface area contributed by atoms with Crippen LogP contribution >= 0.6 is 109 Å². The highest BCUT2D eigenvalue weighted by Crippen LogP contribution is 2.48. The van der Waals surface area contributed by atoms with Gasteiger partial charge in [-0.2, -0.15) is 0 Å². The lowest BCUT2D eigenvalue weighted by Gasteiger charge is -2.18. The number of rotatable bonds is 16. The second-order valence-electron chi connectivity index (χ2n) is 28.0. The van der Waals surface area contributed by atoms with Crippen molar-refractivity contribution in [3.05, 3.63) is 180 Å². The zero-order valence-corrected chi connectivity index (χ0v) is 69.1. The summed E-state index contributed by atoms with van der Waals surface area (Å²) in [7, 11) is -12.1. The van der Waals surface area contributed by atoms with Gasteiger partial charge in [0.2, 0.25) is 0 Å². The van der Waals surface area contributed by atoms with Crippen LogP contribution in [0.1, 0.15) is 158 Å². The van der Waals surface area contributed by atoms with Crippen molar-refractivity contribution in [1.82, 2.24) is 0 Å². The monoisotopic (exact) mass is 1590 g/mol. The molecule has 0 fully saturated rings. The number of hydrogen-bond acceptors (Lipinski definition) is 12. The fourth-order valence-corrected chi connectivity index (χ4v) is 19.6. The van der Waals surface area contributed by atoms with Crippen LogP contribution in [0.3, 0.4) is 0 Å². The van der Waals surface area contributed by atoms with Gasteiger partial charge in [0.05, 0.1) is 47.3 Å². The van der Waals surface area contributed by atoms with Crippen LogP contribution in [0.2, 0.25) is 15.1 Å². The van der Waals surface area contributed by atoms with Crippen LogP contribution in [0, 0.1) is 89.8 Å². The molecule has 540 valence electrons. The van der Waals surface area contributed by atoms with Crippen LogP contribution in [0.25, 0.3) is 0 Å². The molecule has 16 nitrogen and oxygen atoms in total. The van der Waals surface area contributed by atoms with Crippen LogP contribution in [-0.4, -0.2) is 71.0 Å². The quantitative estimate of drug-likeness (QED) is 0.0330. The highest BCUT2D eigenvalue weighted by atomic mass is 35.5. The van der Waals surface area contributed by atoms with E-state index >= 15 is 0 Å². The predicted molar refractivity (Wildman–Crippen MR) is 433 cm³/mol. The van der Waals surface area contributed by atoms with Gasteiger partial charge in [-0.05, 0) is 194 Å². The lowest BCUT2D eigenvalue weighted by molar-refractivity contribution is 0.0692. The van der Waals surface area contributed by atoms with Gasteiger partial charge >= 0.3 is 23.9 Å².